The first-order valence-electron chi connectivity index (χ1n) is 7.14. The third kappa shape index (κ3) is 2.82. The van der Waals surface area contributed by atoms with Gasteiger partial charge in [-0.15, -0.1) is 11.3 Å². The van der Waals surface area contributed by atoms with Crippen LogP contribution in [0.15, 0.2) is 0 Å². The zero-order valence-corrected chi connectivity index (χ0v) is 13.2. The number of amides is 1. The number of nitrogens with two attached hydrogens (primary N) is 2. The van der Waals surface area contributed by atoms with Crippen LogP contribution in [0.25, 0.3) is 0 Å². The Kier molecular flexibility index (Phi) is 4.70. The van der Waals surface area contributed by atoms with Gasteiger partial charge in [-0.25, -0.2) is 0 Å². The van der Waals surface area contributed by atoms with Crippen LogP contribution < -0.4 is 16.4 Å². The van der Waals surface area contributed by atoms with Crippen molar-refractivity contribution in [2.45, 2.75) is 26.3 Å². The molecule has 4 N–H and O–H groups in total. The van der Waals surface area contributed by atoms with Crippen molar-refractivity contribution in [2.75, 3.05) is 36.8 Å². The molecular formula is C14H21N5OS. The van der Waals surface area contributed by atoms with Crippen molar-refractivity contribution < 1.29 is 4.79 Å². The number of rotatable bonds is 5. The van der Waals surface area contributed by atoms with Crippen LogP contribution in [0.1, 0.15) is 35.5 Å². The molecule has 0 aromatic carbocycles. The van der Waals surface area contributed by atoms with Crippen LogP contribution in [0.2, 0.25) is 0 Å². The number of hydrogen-bond acceptors (Lipinski definition) is 6. The minimum atomic E-state index is -0.563. The number of hydrogen-bond donors (Lipinski definition) is 2. The molecule has 7 heteroatoms. The molecule has 1 aliphatic rings. The van der Waals surface area contributed by atoms with Crippen molar-refractivity contribution in [3.8, 4) is 6.07 Å². The fourth-order valence-electron chi connectivity index (χ4n) is 2.94. The quantitative estimate of drug-likeness (QED) is 0.852. The molecule has 0 aliphatic carbocycles. The molecule has 2 heterocycles. The van der Waals surface area contributed by atoms with E-state index in [9.17, 15) is 4.79 Å². The average Bonchev–Trinajstić information content (AvgIpc) is 3.04. The van der Waals surface area contributed by atoms with Crippen molar-refractivity contribution >= 4 is 27.9 Å². The van der Waals surface area contributed by atoms with E-state index in [-0.39, 0.29) is 5.69 Å². The van der Waals surface area contributed by atoms with Crippen LogP contribution in [-0.4, -0.2) is 43.0 Å². The highest BCUT2D eigenvalue weighted by Crippen LogP contribution is 2.39. The van der Waals surface area contributed by atoms with Gasteiger partial charge in [-0.05, 0) is 19.5 Å². The van der Waals surface area contributed by atoms with Gasteiger partial charge in [0.05, 0.1) is 11.3 Å². The van der Waals surface area contributed by atoms with Gasteiger partial charge in [-0.2, -0.15) is 5.26 Å². The Labute approximate surface area is 128 Å². The van der Waals surface area contributed by atoms with Gasteiger partial charge in [-0.1, -0.05) is 13.8 Å². The second-order valence-electron chi connectivity index (χ2n) is 5.11. The minimum Gasteiger partial charge on any atom is -0.396 e. The Balaban J connectivity index is 2.28. The van der Waals surface area contributed by atoms with Gasteiger partial charge in [0.15, 0.2) is 0 Å². The van der Waals surface area contributed by atoms with Crippen LogP contribution in [0, 0.1) is 11.3 Å². The Morgan fingerprint density at radius 1 is 1.52 bits per heavy atom. The van der Waals surface area contributed by atoms with E-state index in [0.717, 1.165) is 37.6 Å². The van der Waals surface area contributed by atoms with Crippen LogP contribution in [-0.2, 0) is 0 Å². The first-order chi connectivity index (χ1) is 10.0. The molecule has 1 unspecified atom stereocenters. The molecule has 114 valence electrons. The lowest BCUT2D eigenvalue weighted by atomic mass is 10.2. The molecule has 1 aromatic heterocycles. The molecule has 1 atom stereocenters. The summed E-state index contributed by atoms with van der Waals surface area (Å²) in [6.07, 6.45) is 1.04. The molecule has 0 saturated carbocycles. The van der Waals surface area contributed by atoms with Crippen LogP contribution in [0.4, 0.5) is 10.7 Å². The number of nitriles is 1. The predicted octanol–water partition coefficient (Wildman–Crippen LogP) is 1.22. The van der Waals surface area contributed by atoms with E-state index in [1.165, 1.54) is 11.3 Å². The van der Waals surface area contributed by atoms with Gasteiger partial charge in [-0.3, -0.25) is 9.69 Å². The number of thiophene rings is 1. The summed E-state index contributed by atoms with van der Waals surface area (Å²) in [7, 11) is 0. The first kappa shape index (κ1) is 15.6. The Bertz CT molecular complexity index is 573. The average molecular weight is 307 g/mol. The van der Waals surface area contributed by atoms with E-state index >= 15 is 0 Å². The van der Waals surface area contributed by atoms with E-state index in [1.54, 1.807) is 0 Å². The maximum absolute atomic E-state index is 11.7. The number of nitrogen functional groups attached to an aromatic ring is 1. The molecule has 2 rings (SSSR count). The second-order valence-corrected chi connectivity index (χ2v) is 6.11. The van der Waals surface area contributed by atoms with Crippen molar-refractivity contribution in [3.63, 3.8) is 0 Å². The summed E-state index contributed by atoms with van der Waals surface area (Å²) in [5, 5.41) is 9.84. The highest BCUT2D eigenvalue weighted by molar-refractivity contribution is 7.17. The largest absolute Gasteiger partial charge is 0.396 e. The summed E-state index contributed by atoms with van der Waals surface area (Å²) in [5.74, 6) is -0.563. The van der Waals surface area contributed by atoms with Crippen molar-refractivity contribution in [2.24, 2.45) is 5.73 Å². The Hall–Kier alpha value is -1.78. The first-order valence-corrected chi connectivity index (χ1v) is 7.96. The van der Waals surface area contributed by atoms with E-state index in [4.69, 9.17) is 16.7 Å². The third-order valence-electron chi connectivity index (χ3n) is 4.05. The number of carbonyl (C=O) groups excluding carboxylic acids is 1. The number of anilines is 2. The molecule has 0 bridgehead atoms. The maximum Gasteiger partial charge on any atom is 0.253 e. The normalized spacial score (nSPS) is 18.2. The summed E-state index contributed by atoms with van der Waals surface area (Å²) >= 11 is 1.26. The van der Waals surface area contributed by atoms with Crippen molar-refractivity contribution in [3.05, 3.63) is 10.4 Å². The van der Waals surface area contributed by atoms with Gasteiger partial charge < -0.3 is 16.4 Å². The van der Waals surface area contributed by atoms with E-state index in [1.807, 2.05) is 6.07 Å². The lowest BCUT2D eigenvalue weighted by Gasteiger charge is -2.26. The Morgan fingerprint density at radius 2 is 2.19 bits per heavy atom. The van der Waals surface area contributed by atoms with Gasteiger partial charge in [0.1, 0.15) is 15.9 Å². The highest BCUT2D eigenvalue weighted by atomic mass is 32.1. The molecule has 21 heavy (non-hydrogen) atoms. The lowest BCUT2D eigenvalue weighted by Crippen LogP contribution is -2.37. The number of nitrogens with zero attached hydrogens (tertiary/aromatic N) is 3. The molecule has 1 saturated heterocycles. The fourth-order valence-corrected chi connectivity index (χ4v) is 4.00. The van der Waals surface area contributed by atoms with E-state index in [0.29, 0.717) is 16.5 Å². The molecule has 0 radical (unpaired) electrons. The zero-order chi connectivity index (χ0) is 15.6. The molecule has 6 nitrogen and oxygen atoms in total. The van der Waals surface area contributed by atoms with E-state index < -0.39 is 5.91 Å². The van der Waals surface area contributed by atoms with Crippen molar-refractivity contribution in [1.82, 2.24) is 4.90 Å². The molecule has 1 amide bonds. The molecule has 0 spiro atoms. The number of carbonyl (C=O) groups is 1. The lowest BCUT2D eigenvalue weighted by molar-refractivity contribution is 0.100. The van der Waals surface area contributed by atoms with Crippen LogP contribution in [0.5, 0.6) is 0 Å². The fraction of sp³-hybridized carbons (Fsp3) is 0.571. The van der Waals surface area contributed by atoms with Crippen LogP contribution >= 0.6 is 11.3 Å². The molecule has 1 aromatic rings. The summed E-state index contributed by atoms with van der Waals surface area (Å²) in [4.78, 5) is 16.6. The highest BCUT2D eigenvalue weighted by Gasteiger charge is 2.31. The van der Waals surface area contributed by atoms with Crippen molar-refractivity contribution in [1.29, 1.82) is 5.26 Å². The maximum atomic E-state index is 11.7. The summed E-state index contributed by atoms with van der Waals surface area (Å²) in [5.41, 5.74) is 11.8. The smallest absolute Gasteiger partial charge is 0.253 e. The summed E-state index contributed by atoms with van der Waals surface area (Å²) in [6.45, 7) is 8.01. The minimum absolute atomic E-state index is 0.219. The standard InChI is InChI=1S/C14H21N5OS/c1-3-18(4-2)9-5-6-19(8-9)14-11(13(17)20)12(16)10(7-15)21-14/h9H,3-6,8,16H2,1-2H3,(H2,17,20). The van der Waals surface area contributed by atoms with Gasteiger partial charge >= 0.3 is 0 Å². The molecule has 1 aliphatic heterocycles. The topological polar surface area (TPSA) is 99.4 Å². The monoisotopic (exact) mass is 307 g/mol. The predicted molar refractivity (Wildman–Crippen MR) is 85.5 cm³/mol. The third-order valence-corrected chi connectivity index (χ3v) is 5.22. The van der Waals surface area contributed by atoms with E-state index in [2.05, 4.69) is 23.6 Å². The SMILES string of the molecule is CCN(CC)C1CCN(c2sc(C#N)c(N)c2C(N)=O)C1. The Morgan fingerprint density at radius 3 is 2.71 bits per heavy atom. The summed E-state index contributed by atoms with van der Waals surface area (Å²) < 4.78 is 0. The molecule has 1 fully saturated rings. The van der Waals surface area contributed by atoms with Gasteiger partial charge in [0.25, 0.3) is 5.91 Å². The zero-order valence-electron chi connectivity index (χ0n) is 12.4. The second kappa shape index (κ2) is 6.33. The molecular weight excluding hydrogens is 286 g/mol. The number of likely N-dealkylation sites (N-methyl/N-ethyl adjacent to an activating group) is 1. The van der Waals surface area contributed by atoms with Crippen LogP contribution in [0.3, 0.4) is 0 Å². The number of primary amides is 1. The summed E-state index contributed by atoms with van der Waals surface area (Å²) in [6, 6.07) is 2.51. The van der Waals surface area contributed by atoms with Gasteiger partial charge in [0, 0.05) is 19.1 Å². The van der Waals surface area contributed by atoms with Gasteiger partial charge in [0.2, 0.25) is 0 Å².